The van der Waals surface area contributed by atoms with Crippen LogP contribution in [-0.4, -0.2) is 42.4 Å². The van der Waals surface area contributed by atoms with Gasteiger partial charge in [0.25, 0.3) is 0 Å². The van der Waals surface area contributed by atoms with Gasteiger partial charge in [0, 0.05) is 18.8 Å². The molecule has 1 saturated carbocycles. The lowest BCUT2D eigenvalue weighted by Gasteiger charge is -2.50. The summed E-state index contributed by atoms with van der Waals surface area (Å²) in [6.45, 7) is 0.445. The summed E-state index contributed by atoms with van der Waals surface area (Å²) in [6.07, 6.45) is 5.94. The number of nitrogens with zero attached hydrogens (tertiary/aromatic N) is 1. The standard InChI is InChI=1S/C18H29NO2/c1-19(2)18(16-6-4-3-5-7-16)10-8-17(9-11-18,12-14-20)13-15-21/h3-7,20-21H,8-15H2,1-2H3. The summed E-state index contributed by atoms with van der Waals surface area (Å²) >= 11 is 0. The Labute approximate surface area is 128 Å². The predicted molar refractivity (Wildman–Crippen MR) is 86.1 cm³/mol. The number of aliphatic hydroxyl groups is 2. The quantitative estimate of drug-likeness (QED) is 0.847. The Morgan fingerprint density at radius 2 is 1.43 bits per heavy atom. The average molecular weight is 291 g/mol. The molecular weight excluding hydrogens is 262 g/mol. The van der Waals surface area contributed by atoms with E-state index in [1.807, 2.05) is 0 Å². The second-order valence-corrected chi connectivity index (χ2v) is 6.74. The Hall–Kier alpha value is -0.900. The van der Waals surface area contributed by atoms with Crippen LogP contribution in [0.25, 0.3) is 0 Å². The van der Waals surface area contributed by atoms with Crippen molar-refractivity contribution in [3.63, 3.8) is 0 Å². The van der Waals surface area contributed by atoms with Gasteiger partial charge in [-0.05, 0) is 63.6 Å². The molecule has 3 heteroatoms. The number of hydrogen-bond donors (Lipinski definition) is 2. The number of rotatable bonds is 6. The predicted octanol–water partition coefficient (Wildman–Crippen LogP) is 2.77. The molecule has 0 radical (unpaired) electrons. The van der Waals surface area contributed by atoms with Crippen molar-refractivity contribution in [2.45, 2.75) is 44.1 Å². The summed E-state index contributed by atoms with van der Waals surface area (Å²) < 4.78 is 0. The molecule has 1 aliphatic carbocycles. The lowest BCUT2D eigenvalue weighted by Crippen LogP contribution is -2.47. The molecule has 21 heavy (non-hydrogen) atoms. The molecule has 2 N–H and O–H groups in total. The Balaban J connectivity index is 2.22. The van der Waals surface area contributed by atoms with Gasteiger partial charge in [-0.1, -0.05) is 30.3 Å². The topological polar surface area (TPSA) is 43.7 Å². The summed E-state index contributed by atoms with van der Waals surface area (Å²) in [5.74, 6) is 0. The van der Waals surface area contributed by atoms with Gasteiger partial charge in [0.05, 0.1) is 0 Å². The van der Waals surface area contributed by atoms with Crippen LogP contribution in [0, 0.1) is 5.41 Å². The van der Waals surface area contributed by atoms with E-state index < -0.39 is 0 Å². The van der Waals surface area contributed by atoms with E-state index in [4.69, 9.17) is 0 Å². The Morgan fingerprint density at radius 3 is 1.86 bits per heavy atom. The van der Waals surface area contributed by atoms with E-state index in [2.05, 4.69) is 49.3 Å². The van der Waals surface area contributed by atoms with Gasteiger partial charge in [0.2, 0.25) is 0 Å². The van der Waals surface area contributed by atoms with Gasteiger partial charge < -0.3 is 10.2 Å². The minimum atomic E-state index is 0.0929. The second-order valence-electron chi connectivity index (χ2n) is 6.74. The number of aliphatic hydroxyl groups excluding tert-OH is 2. The molecule has 0 heterocycles. The highest BCUT2D eigenvalue weighted by Gasteiger charge is 2.44. The van der Waals surface area contributed by atoms with Crippen LogP contribution in [-0.2, 0) is 5.54 Å². The maximum absolute atomic E-state index is 9.37. The van der Waals surface area contributed by atoms with Crippen molar-refractivity contribution in [1.29, 1.82) is 0 Å². The molecule has 118 valence electrons. The Bertz CT molecular complexity index is 414. The van der Waals surface area contributed by atoms with Crippen LogP contribution < -0.4 is 0 Å². The highest BCUT2D eigenvalue weighted by atomic mass is 16.3. The third kappa shape index (κ3) is 3.31. The van der Waals surface area contributed by atoms with Gasteiger partial charge in [0.15, 0.2) is 0 Å². The first-order chi connectivity index (χ1) is 10.1. The summed E-state index contributed by atoms with van der Waals surface area (Å²) in [6, 6.07) is 10.8. The van der Waals surface area contributed by atoms with Crippen LogP contribution in [0.2, 0.25) is 0 Å². The van der Waals surface area contributed by atoms with E-state index in [-0.39, 0.29) is 24.2 Å². The van der Waals surface area contributed by atoms with Crippen molar-refractivity contribution < 1.29 is 10.2 Å². The van der Waals surface area contributed by atoms with Crippen LogP contribution in [0.1, 0.15) is 44.1 Å². The number of hydrogen-bond acceptors (Lipinski definition) is 3. The van der Waals surface area contributed by atoms with Gasteiger partial charge >= 0.3 is 0 Å². The van der Waals surface area contributed by atoms with E-state index in [1.54, 1.807) is 0 Å². The normalized spacial score (nSPS) is 20.6. The summed E-state index contributed by atoms with van der Waals surface area (Å²) in [5, 5.41) is 18.7. The fourth-order valence-electron chi connectivity index (χ4n) is 4.04. The van der Waals surface area contributed by atoms with E-state index >= 15 is 0 Å². The molecule has 0 bridgehead atoms. The molecule has 1 aromatic carbocycles. The van der Waals surface area contributed by atoms with Gasteiger partial charge in [-0.3, -0.25) is 4.90 Å². The average Bonchev–Trinajstić information content (AvgIpc) is 2.49. The fraction of sp³-hybridized carbons (Fsp3) is 0.667. The smallest absolute Gasteiger partial charge is 0.0455 e. The van der Waals surface area contributed by atoms with E-state index in [0.717, 1.165) is 38.5 Å². The molecule has 0 saturated heterocycles. The lowest BCUT2D eigenvalue weighted by molar-refractivity contribution is 0.00881. The third-order valence-electron chi connectivity index (χ3n) is 5.59. The Morgan fingerprint density at radius 1 is 0.905 bits per heavy atom. The third-order valence-corrected chi connectivity index (χ3v) is 5.59. The maximum atomic E-state index is 9.37. The molecule has 0 amide bonds. The molecule has 0 spiro atoms. The van der Waals surface area contributed by atoms with Gasteiger partial charge in [-0.15, -0.1) is 0 Å². The van der Waals surface area contributed by atoms with E-state index in [0.29, 0.717) is 0 Å². The zero-order chi connectivity index (χ0) is 15.3. The van der Waals surface area contributed by atoms with E-state index in [1.165, 1.54) is 5.56 Å². The first-order valence-electron chi connectivity index (χ1n) is 8.03. The van der Waals surface area contributed by atoms with Crippen molar-refractivity contribution in [2.24, 2.45) is 5.41 Å². The highest BCUT2D eigenvalue weighted by molar-refractivity contribution is 5.25. The van der Waals surface area contributed by atoms with Crippen LogP contribution in [0.5, 0.6) is 0 Å². The number of benzene rings is 1. The first-order valence-corrected chi connectivity index (χ1v) is 8.03. The summed E-state index contributed by atoms with van der Waals surface area (Å²) in [7, 11) is 4.33. The van der Waals surface area contributed by atoms with Crippen molar-refractivity contribution in [1.82, 2.24) is 4.90 Å². The van der Waals surface area contributed by atoms with E-state index in [9.17, 15) is 10.2 Å². The molecule has 0 aliphatic heterocycles. The van der Waals surface area contributed by atoms with Crippen LogP contribution in [0.3, 0.4) is 0 Å². The molecule has 1 fully saturated rings. The molecule has 1 aromatic rings. The van der Waals surface area contributed by atoms with Gasteiger partial charge in [0.1, 0.15) is 0 Å². The minimum absolute atomic E-state index is 0.0929. The molecular formula is C18H29NO2. The highest BCUT2D eigenvalue weighted by Crippen LogP contribution is 2.50. The maximum Gasteiger partial charge on any atom is 0.0455 e. The van der Waals surface area contributed by atoms with Crippen LogP contribution >= 0.6 is 0 Å². The van der Waals surface area contributed by atoms with Gasteiger partial charge in [-0.25, -0.2) is 0 Å². The SMILES string of the molecule is CN(C)C1(c2ccccc2)CCC(CCO)(CCO)CC1. The molecule has 3 nitrogen and oxygen atoms in total. The van der Waals surface area contributed by atoms with Crippen LogP contribution in [0.15, 0.2) is 30.3 Å². The largest absolute Gasteiger partial charge is 0.396 e. The zero-order valence-corrected chi connectivity index (χ0v) is 13.4. The van der Waals surface area contributed by atoms with Crippen molar-refractivity contribution in [2.75, 3.05) is 27.3 Å². The molecule has 1 aliphatic rings. The molecule has 0 atom stereocenters. The van der Waals surface area contributed by atoms with Crippen molar-refractivity contribution in [3.8, 4) is 0 Å². The zero-order valence-electron chi connectivity index (χ0n) is 13.4. The lowest BCUT2D eigenvalue weighted by atomic mass is 9.62. The molecule has 0 aromatic heterocycles. The minimum Gasteiger partial charge on any atom is -0.396 e. The van der Waals surface area contributed by atoms with Gasteiger partial charge in [-0.2, -0.15) is 0 Å². The van der Waals surface area contributed by atoms with Crippen molar-refractivity contribution >= 4 is 0 Å². The van der Waals surface area contributed by atoms with Crippen LogP contribution in [0.4, 0.5) is 0 Å². The molecule has 0 unspecified atom stereocenters. The first kappa shape index (κ1) is 16.5. The molecule has 2 rings (SSSR count). The fourth-order valence-corrected chi connectivity index (χ4v) is 4.04. The summed E-state index contributed by atoms with van der Waals surface area (Å²) in [5.41, 5.74) is 1.60. The summed E-state index contributed by atoms with van der Waals surface area (Å²) in [4.78, 5) is 2.35. The Kier molecular flexibility index (Phi) is 5.42. The van der Waals surface area contributed by atoms with Crippen molar-refractivity contribution in [3.05, 3.63) is 35.9 Å². The second kappa shape index (κ2) is 6.91. The monoisotopic (exact) mass is 291 g/mol.